The molecule has 0 spiro atoms. The summed E-state index contributed by atoms with van der Waals surface area (Å²) in [5.74, 6) is 2.12. The van der Waals surface area contributed by atoms with E-state index in [1.807, 2.05) is 54.9 Å². The zero-order valence-corrected chi connectivity index (χ0v) is 44.7. The van der Waals surface area contributed by atoms with Gasteiger partial charge in [0.1, 0.15) is 17.0 Å². The Hall–Kier alpha value is -5.85. The molecule has 4 nitrogen and oxygen atoms in total. The van der Waals surface area contributed by atoms with Crippen LogP contribution < -0.4 is 5.19 Å². The number of para-hydroxylation sites is 1. The summed E-state index contributed by atoms with van der Waals surface area (Å²) in [7, 11) is -1.33. The second kappa shape index (κ2) is 23.4. The van der Waals surface area contributed by atoms with E-state index in [1.165, 1.54) is 39.1 Å². The molecule has 9 aromatic rings. The molecule has 1 unspecified atom stereocenters. The van der Waals surface area contributed by atoms with E-state index in [0.717, 1.165) is 68.6 Å². The average Bonchev–Trinajstić information content (AvgIpc) is 3.70. The third-order valence-corrected chi connectivity index (χ3v) is 14.3. The summed E-state index contributed by atoms with van der Waals surface area (Å²) < 4.78 is 20.0. The van der Waals surface area contributed by atoms with Crippen molar-refractivity contribution in [1.82, 2.24) is 15.0 Å². The molecule has 5 aromatic carbocycles. The third-order valence-electron chi connectivity index (χ3n) is 12.3. The fraction of sp³-hybridized carbons (Fsp3) is 0.262. The molecular weight excluding hydrogens is 1030 g/mol. The minimum atomic E-state index is -1.33. The van der Waals surface area contributed by atoms with Gasteiger partial charge < -0.3 is 4.42 Å². The van der Waals surface area contributed by atoms with Crippen LogP contribution in [0.25, 0.3) is 66.8 Å². The molecule has 9 rings (SSSR count). The van der Waals surface area contributed by atoms with E-state index in [2.05, 4.69) is 175 Å². The normalized spacial score (nSPS) is 11.8. The van der Waals surface area contributed by atoms with Crippen LogP contribution in [0.15, 0.2) is 175 Å². The molecule has 1 atom stereocenters. The minimum Gasteiger partial charge on any atom is -0.455 e. The first-order valence-corrected chi connectivity index (χ1v) is 27.4. The predicted octanol–water partition coefficient (Wildman–Crippen LogP) is 16.7. The zero-order chi connectivity index (χ0) is 47.7. The van der Waals surface area contributed by atoms with Crippen molar-refractivity contribution in [3.8, 4) is 44.9 Å². The maximum Gasteiger partial charge on any atom is 0.144 e. The van der Waals surface area contributed by atoms with E-state index in [4.69, 9.17) is 9.40 Å². The van der Waals surface area contributed by atoms with Crippen LogP contribution in [0.5, 0.6) is 0 Å². The smallest absolute Gasteiger partial charge is 0.144 e. The monoisotopic (exact) mass is 1100 g/mol. The molecule has 0 aliphatic heterocycles. The van der Waals surface area contributed by atoms with E-state index in [1.54, 1.807) is 12.1 Å². The zero-order valence-electron chi connectivity index (χ0n) is 41.4. The quantitative estimate of drug-likeness (QED) is 0.121. The largest absolute Gasteiger partial charge is 0.455 e. The fourth-order valence-corrected chi connectivity index (χ4v) is 10.1. The molecule has 0 amide bonds. The molecule has 0 bridgehead atoms. The van der Waals surface area contributed by atoms with Crippen LogP contribution in [0, 0.1) is 23.6 Å². The number of hydrogen-bond donors (Lipinski definition) is 0. The van der Waals surface area contributed by atoms with Crippen molar-refractivity contribution < 1.29 is 28.9 Å². The number of fused-ring (bicyclic) bond motifs is 3. The van der Waals surface area contributed by atoms with E-state index in [-0.39, 0.29) is 25.9 Å². The number of hydrogen-bond acceptors (Lipinski definition) is 4. The second-order valence-corrected chi connectivity index (χ2v) is 25.0. The maximum absolute atomic E-state index is 13.7. The Balaban J connectivity index is 0.000000178. The van der Waals surface area contributed by atoms with Crippen LogP contribution in [-0.4, -0.2) is 23.0 Å². The van der Waals surface area contributed by atoms with Crippen molar-refractivity contribution in [2.75, 3.05) is 0 Å². The summed E-state index contributed by atoms with van der Waals surface area (Å²) in [4.78, 5) is 13.8. The van der Waals surface area contributed by atoms with Gasteiger partial charge in [-0.1, -0.05) is 159 Å². The van der Waals surface area contributed by atoms with E-state index in [0.29, 0.717) is 23.7 Å². The summed E-state index contributed by atoms with van der Waals surface area (Å²) in [6, 6.07) is 50.5. The van der Waals surface area contributed by atoms with Crippen molar-refractivity contribution in [3.63, 3.8) is 0 Å². The van der Waals surface area contributed by atoms with Gasteiger partial charge in [-0.15, -0.1) is 0 Å². The van der Waals surface area contributed by atoms with Gasteiger partial charge in [0.25, 0.3) is 0 Å². The Bertz CT molecular complexity index is 3030. The van der Waals surface area contributed by atoms with Gasteiger partial charge in [0.05, 0.1) is 25.2 Å². The van der Waals surface area contributed by atoms with Crippen LogP contribution in [0.1, 0.15) is 71.1 Å². The van der Waals surface area contributed by atoms with Crippen LogP contribution in [-0.2, 0) is 32.9 Å². The summed E-state index contributed by atoms with van der Waals surface area (Å²) in [6.45, 7) is 23.0. The predicted molar refractivity (Wildman–Crippen MR) is 285 cm³/mol. The van der Waals surface area contributed by atoms with Crippen molar-refractivity contribution in [3.05, 3.63) is 193 Å². The first-order valence-electron chi connectivity index (χ1n) is 23.9. The van der Waals surface area contributed by atoms with Gasteiger partial charge in [0.15, 0.2) is 0 Å². The first kappa shape index (κ1) is 51.5. The number of pyridine rings is 3. The number of rotatable bonds is 11. The molecule has 0 saturated carbocycles. The second-order valence-electron chi connectivity index (χ2n) is 20.0. The number of halogens is 1. The first-order chi connectivity index (χ1) is 32.1. The molecule has 0 saturated heterocycles. The Kier molecular flexibility index (Phi) is 17.8. The van der Waals surface area contributed by atoms with Crippen LogP contribution >= 0.6 is 0 Å². The van der Waals surface area contributed by atoms with Gasteiger partial charge in [-0.2, -0.15) is 0 Å². The molecule has 68 heavy (non-hydrogen) atoms. The van der Waals surface area contributed by atoms with Gasteiger partial charge in [-0.05, 0) is 130 Å². The van der Waals surface area contributed by atoms with Gasteiger partial charge >= 0.3 is 0 Å². The van der Waals surface area contributed by atoms with Gasteiger partial charge in [-0.3, -0.25) is 15.0 Å². The van der Waals surface area contributed by atoms with Crippen LogP contribution in [0.4, 0.5) is 4.39 Å². The topological polar surface area (TPSA) is 51.8 Å². The standard InChI is InChI=1S/C28H24FNO.C18H25NSi.C15H17N.Ir/c1-17(2)18(3)19-12-13-30-26(15-19)25-9-5-8-24-23-11-10-21(16-27(23)31-28(24)25)20-6-4-7-22(29)14-20;1-14(2)11-16-12-17(15-9-7-6-8-10-15)19-13-18(16)20(3,4)5;1-12(2)10-13-8-9-16-15(11-13)14-6-4-3-5-7-14;/h4-18H,1-3H3;6-10,12-14H,11H2,1-5H3;3-9,11-12H,10H2,1-2H3;. The maximum atomic E-state index is 13.7. The average molecular weight is 1100 g/mol. The Morgan fingerprint density at radius 3 is 1.76 bits per heavy atom. The van der Waals surface area contributed by atoms with E-state index >= 15 is 0 Å². The third kappa shape index (κ3) is 13.2. The molecule has 351 valence electrons. The van der Waals surface area contributed by atoms with Crippen LogP contribution in [0.3, 0.4) is 0 Å². The Morgan fingerprint density at radius 2 is 1.13 bits per heavy atom. The van der Waals surface area contributed by atoms with E-state index < -0.39 is 8.07 Å². The summed E-state index contributed by atoms with van der Waals surface area (Å²) in [6.07, 6.45) is 8.17. The SMILES string of the molecule is CC(C)C(C)c1ccnc(-c2cccc3c2oc2cc(-c4cccc(F)c4)ccc23)c1.CC(C)Cc1cc(-c2ccccc2)ncc1[Si](C)(C)C.CC(C)Cc1ccnc(-c2ccccc2)c1.[Ir]. The molecule has 7 heteroatoms. The Labute approximate surface area is 418 Å². The van der Waals surface area contributed by atoms with Crippen LogP contribution in [0.2, 0.25) is 19.6 Å². The van der Waals surface area contributed by atoms with Crippen molar-refractivity contribution in [2.45, 2.75) is 86.9 Å². The molecule has 0 aliphatic carbocycles. The molecule has 0 N–H and O–H groups in total. The van der Waals surface area contributed by atoms with Gasteiger partial charge in [0, 0.05) is 66.2 Å². The molecule has 1 radical (unpaired) electrons. The number of benzene rings is 5. The summed E-state index contributed by atoms with van der Waals surface area (Å²) >= 11 is 0. The summed E-state index contributed by atoms with van der Waals surface area (Å²) in [5, 5.41) is 3.61. The number of nitrogens with zero attached hydrogens (tertiary/aromatic N) is 3. The molecule has 4 aromatic heterocycles. The van der Waals surface area contributed by atoms with Gasteiger partial charge in [0.2, 0.25) is 0 Å². The molecule has 0 aliphatic rings. The van der Waals surface area contributed by atoms with Crippen molar-refractivity contribution >= 4 is 35.2 Å². The molecular formula is C61H66FIrN3OSi. The molecule has 0 fully saturated rings. The molecule has 4 heterocycles. The Morgan fingerprint density at radius 1 is 0.529 bits per heavy atom. The number of furan rings is 1. The summed E-state index contributed by atoms with van der Waals surface area (Å²) in [5.41, 5.74) is 14.0. The number of aromatic nitrogens is 3. The van der Waals surface area contributed by atoms with Gasteiger partial charge in [-0.25, -0.2) is 4.39 Å². The van der Waals surface area contributed by atoms with Crippen molar-refractivity contribution in [1.29, 1.82) is 0 Å². The van der Waals surface area contributed by atoms with Crippen molar-refractivity contribution in [2.24, 2.45) is 17.8 Å². The van der Waals surface area contributed by atoms with E-state index in [9.17, 15) is 4.39 Å². The fourth-order valence-electron chi connectivity index (χ4n) is 8.50. The minimum absolute atomic E-state index is 0.